The van der Waals surface area contributed by atoms with Crippen LogP contribution in [0.15, 0.2) is 18.5 Å². The molecule has 24 heavy (non-hydrogen) atoms. The predicted octanol–water partition coefficient (Wildman–Crippen LogP) is 4.30. The molecule has 0 spiro atoms. The predicted molar refractivity (Wildman–Crippen MR) is 98.5 cm³/mol. The Kier molecular flexibility index (Phi) is 6.11. The minimum atomic E-state index is 0.0429. The highest BCUT2D eigenvalue weighted by molar-refractivity contribution is 5.95. The molecule has 2 aliphatic rings. The second-order valence-corrected chi connectivity index (χ2v) is 7.35. The van der Waals surface area contributed by atoms with Crippen molar-refractivity contribution in [1.82, 2.24) is 10.3 Å². The van der Waals surface area contributed by atoms with E-state index in [2.05, 4.69) is 22.1 Å². The van der Waals surface area contributed by atoms with Gasteiger partial charge in [0, 0.05) is 24.8 Å². The molecule has 1 aliphatic carbocycles. The number of carbonyl (C=O) groups excluding carboxylic acids is 1. The summed E-state index contributed by atoms with van der Waals surface area (Å²) in [7, 11) is 0. The lowest BCUT2D eigenvalue weighted by Gasteiger charge is -2.37. The van der Waals surface area contributed by atoms with Crippen molar-refractivity contribution < 1.29 is 4.79 Å². The second kappa shape index (κ2) is 8.50. The van der Waals surface area contributed by atoms with Crippen LogP contribution >= 0.6 is 0 Å². The average molecular weight is 329 g/mol. The molecule has 1 saturated heterocycles. The Hall–Kier alpha value is -1.58. The Labute approximate surface area is 146 Å². The van der Waals surface area contributed by atoms with Gasteiger partial charge in [0.25, 0.3) is 5.91 Å². The lowest BCUT2D eigenvalue weighted by Crippen LogP contribution is -2.39. The van der Waals surface area contributed by atoms with Gasteiger partial charge in [0.1, 0.15) is 0 Å². The Morgan fingerprint density at radius 3 is 2.62 bits per heavy atom. The number of amides is 1. The summed E-state index contributed by atoms with van der Waals surface area (Å²) in [6.45, 7) is 3.33. The first kappa shape index (κ1) is 17.2. The Balaban J connectivity index is 1.68. The number of nitrogens with one attached hydrogen (secondary N) is 1. The van der Waals surface area contributed by atoms with Gasteiger partial charge in [0.15, 0.2) is 0 Å². The largest absolute Gasteiger partial charge is 0.367 e. The van der Waals surface area contributed by atoms with Crippen molar-refractivity contribution in [3.8, 4) is 0 Å². The van der Waals surface area contributed by atoms with Crippen LogP contribution in [0.2, 0.25) is 0 Å². The number of anilines is 1. The second-order valence-electron chi connectivity index (χ2n) is 7.35. The zero-order valence-electron chi connectivity index (χ0n) is 15.0. The fourth-order valence-electron chi connectivity index (χ4n) is 4.17. The molecule has 0 radical (unpaired) electrons. The summed E-state index contributed by atoms with van der Waals surface area (Å²) in [6.07, 6.45) is 15.9. The summed E-state index contributed by atoms with van der Waals surface area (Å²) in [5.74, 6) is 0.0429. The third kappa shape index (κ3) is 4.28. The fraction of sp³-hybridized carbons (Fsp3) is 0.700. The first-order valence-electron chi connectivity index (χ1n) is 9.80. The first-order chi connectivity index (χ1) is 11.8. The van der Waals surface area contributed by atoms with Gasteiger partial charge in [0.2, 0.25) is 0 Å². The van der Waals surface area contributed by atoms with E-state index in [0.29, 0.717) is 17.6 Å². The van der Waals surface area contributed by atoms with Crippen molar-refractivity contribution in [3.63, 3.8) is 0 Å². The van der Waals surface area contributed by atoms with Crippen LogP contribution in [-0.4, -0.2) is 29.5 Å². The van der Waals surface area contributed by atoms with Gasteiger partial charge in [-0.3, -0.25) is 9.78 Å². The highest BCUT2D eigenvalue weighted by atomic mass is 16.1. The molecule has 2 fully saturated rings. The minimum Gasteiger partial charge on any atom is -0.367 e. The van der Waals surface area contributed by atoms with Crippen LogP contribution in [0.3, 0.4) is 0 Å². The van der Waals surface area contributed by atoms with Crippen LogP contribution in [-0.2, 0) is 0 Å². The fourth-order valence-corrected chi connectivity index (χ4v) is 4.17. The van der Waals surface area contributed by atoms with E-state index in [1.807, 2.05) is 12.3 Å². The molecule has 1 saturated carbocycles. The lowest BCUT2D eigenvalue weighted by atomic mass is 9.99. The highest BCUT2D eigenvalue weighted by Gasteiger charge is 2.22. The molecule has 1 amide bonds. The number of hydrogen-bond acceptors (Lipinski definition) is 3. The summed E-state index contributed by atoms with van der Waals surface area (Å²) in [4.78, 5) is 19.4. The number of rotatable bonds is 4. The number of carbonyl (C=O) groups is 1. The van der Waals surface area contributed by atoms with Crippen molar-refractivity contribution in [3.05, 3.63) is 24.0 Å². The van der Waals surface area contributed by atoms with Crippen LogP contribution in [0.1, 0.15) is 81.5 Å². The summed E-state index contributed by atoms with van der Waals surface area (Å²) in [5.41, 5.74) is 1.81. The zero-order valence-corrected chi connectivity index (χ0v) is 15.0. The quantitative estimate of drug-likeness (QED) is 0.838. The SMILES string of the molecule is CCC1CCCCN1c1cncc(C(=O)NC2CCCCCC2)c1. The van der Waals surface area contributed by atoms with E-state index in [0.717, 1.165) is 31.5 Å². The number of piperidine rings is 1. The van der Waals surface area contributed by atoms with Crippen LogP contribution in [0.25, 0.3) is 0 Å². The van der Waals surface area contributed by atoms with Crippen molar-refractivity contribution >= 4 is 11.6 Å². The summed E-state index contributed by atoms with van der Waals surface area (Å²) in [5, 5.41) is 3.23. The number of aromatic nitrogens is 1. The summed E-state index contributed by atoms with van der Waals surface area (Å²) < 4.78 is 0. The van der Waals surface area contributed by atoms with Crippen molar-refractivity contribution in [1.29, 1.82) is 0 Å². The summed E-state index contributed by atoms with van der Waals surface area (Å²) >= 11 is 0. The van der Waals surface area contributed by atoms with Gasteiger partial charge in [-0.2, -0.15) is 0 Å². The van der Waals surface area contributed by atoms with Gasteiger partial charge in [-0.15, -0.1) is 0 Å². The van der Waals surface area contributed by atoms with Crippen molar-refractivity contribution in [2.45, 2.75) is 83.2 Å². The van der Waals surface area contributed by atoms with Gasteiger partial charge in [-0.1, -0.05) is 32.6 Å². The number of nitrogens with zero attached hydrogens (tertiary/aromatic N) is 2. The van der Waals surface area contributed by atoms with E-state index in [9.17, 15) is 4.79 Å². The normalized spacial score (nSPS) is 22.9. The minimum absolute atomic E-state index is 0.0429. The molecule has 0 aromatic carbocycles. The number of hydrogen-bond donors (Lipinski definition) is 1. The maximum absolute atomic E-state index is 12.6. The maximum atomic E-state index is 12.6. The van der Waals surface area contributed by atoms with Crippen molar-refractivity contribution in [2.75, 3.05) is 11.4 Å². The molecule has 1 aromatic rings. The molecular formula is C20H31N3O. The molecule has 2 heterocycles. The van der Waals surface area contributed by atoms with Gasteiger partial charge in [0.05, 0.1) is 17.4 Å². The van der Waals surface area contributed by atoms with Crippen LogP contribution in [0.5, 0.6) is 0 Å². The molecule has 4 nitrogen and oxygen atoms in total. The highest BCUT2D eigenvalue weighted by Crippen LogP contribution is 2.26. The lowest BCUT2D eigenvalue weighted by molar-refractivity contribution is 0.0933. The van der Waals surface area contributed by atoms with Crippen LogP contribution in [0.4, 0.5) is 5.69 Å². The molecule has 3 rings (SSSR count). The molecule has 1 atom stereocenters. The Bertz CT molecular complexity index is 537. The van der Waals surface area contributed by atoms with E-state index < -0.39 is 0 Å². The smallest absolute Gasteiger partial charge is 0.253 e. The zero-order chi connectivity index (χ0) is 16.8. The summed E-state index contributed by atoms with van der Waals surface area (Å²) in [6, 6.07) is 2.95. The van der Waals surface area contributed by atoms with E-state index in [1.165, 1.54) is 44.9 Å². The molecule has 0 bridgehead atoms. The van der Waals surface area contributed by atoms with Gasteiger partial charge in [-0.05, 0) is 44.6 Å². The molecule has 132 valence electrons. The molecule has 1 N–H and O–H groups in total. The van der Waals surface area contributed by atoms with Gasteiger partial charge in [-0.25, -0.2) is 0 Å². The number of pyridine rings is 1. The van der Waals surface area contributed by atoms with Gasteiger partial charge < -0.3 is 10.2 Å². The van der Waals surface area contributed by atoms with E-state index in [-0.39, 0.29) is 5.91 Å². The molecule has 1 aliphatic heterocycles. The monoisotopic (exact) mass is 329 g/mol. The topological polar surface area (TPSA) is 45.2 Å². The van der Waals surface area contributed by atoms with E-state index >= 15 is 0 Å². The van der Waals surface area contributed by atoms with Crippen LogP contribution < -0.4 is 10.2 Å². The van der Waals surface area contributed by atoms with Crippen molar-refractivity contribution in [2.24, 2.45) is 0 Å². The molecule has 4 heteroatoms. The third-order valence-electron chi connectivity index (χ3n) is 5.61. The molecular weight excluding hydrogens is 298 g/mol. The standard InChI is InChI=1S/C20H31N3O/c1-2-18-11-7-8-12-23(18)19-13-16(14-21-15-19)20(24)22-17-9-5-3-4-6-10-17/h13-15,17-18H,2-12H2,1H3,(H,22,24). The average Bonchev–Trinajstić information content (AvgIpc) is 2.90. The Morgan fingerprint density at radius 2 is 1.88 bits per heavy atom. The van der Waals surface area contributed by atoms with Crippen LogP contribution in [0, 0.1) is 0 Å². The van der Waals surface area contributed by atoms with E-state index in [1.54, 1.807) is 6.20 Å². The maximum Gasteiger partial charge on any atom is 0.253 e. The Morgan fingerprint density at radius 1 is 1.12 bits per heavy atom. The first-order valence-corrected chi connectivity index (χ1v) is 9.80. The van der Waals surface area contributed by atoms with Gasteiger partial charge >= 0.3 is 0 Å². The molecule has 1 unspecified atom stereocenters. The third-order valence-corrected chi connectivity index (χ3v) is 5.61. The van der Waals surface area contributed by atoms with E-state index in [4.69, 9.17) is 0 Å². The molecule has 1 aromatic heterocycles.